The highest BCUT2D eigenvalue weighted by Crippen LogP contribution is 2.07. The molecule has 0 fully saturated rings. The average molecular weight is 261 g/mol. The van der Waals surface area contributed by atoms with E-state index in [-0.39, 0.29) is 0 Å². The summed E-state index contributed by atoms with van der Waals surface area (Å²) in [7, 11) is 1.99. The van der Waals surface area contributed by atoms with E-state index in [1.165, 1.54) is 11.3 Å². The minimum Gasteiger partial charge on any atom is -0.310 e. The van der Waals surface area contributed by atoms with Gasteiger partial charge >= 0.3 is 0 Å². The summed E-state index contributed by atoms with van der Waals surface area (Å²) in [4.78, 5) is 0. The van der Waals surface area contributed by atoms with Crippen molar-refractivity contribution in [2.75, 3.05) is 0 Å². The molecular formula is C14H23N5. The lowest BCUT2D eigenvalue weighted by Crippen LogP contribution is -2.21. The molecule has 0 amide bonds. The molecule has 0 saturated carbocycles. The molecule has 0 bridgehead atoms. The number of aromatic nitrogens is 4. The van der Waals surface area contributed by atoms with E-state index in [1.807, 2.05) is 22.6 Å². The van der Waals surface area contributed by atoms with Gasteiger partial charge in [-0.25, -0.2) is 0 Å². The lowest BCUT2D eigenvalue weighted by Gasteiger charge is -2.05. The Morgan fingerprint density at radius 2 is 2.16 bits per heavy atom. The molecule has 0 aliphatic carbocycles. The Kier molecular flexibility index (Phi) is 4.37. The number of hydrogen-bond acceptors (Lipinski definition) is 3. The third kappa shape index (κ3) is 3.67. The van der Waals surface area contributed by atoms with Gasteiger partial charge in [-0.15, -0.1) is 0 Å². The molecule has 0 saturated heterocycles. The Labute approximate surface area is 114 Å². The fourth-order valence-corrected chi connectivity index (χ4v) is 1.96. The molecule has 2 aromatic heterocycles. The lowest BCUT2D eigenvalue weighted by molar-refractivity contribution is 0.587. The summed E-state index contributed by atoms with van der Waals surface area (Å²) in [6.07, 6.45) is 4.98. The molecule has 19 heavy (non-hydrogen) atoms. The van der Waals surface area contributed by atoms with E-state index in [4.69, 9.17) is 0 Å². The van der Waals surface area contributed by atoms with Gasteiger partial charge in [-0.2, -0.15) is 10.2 Å². The third-order valence-corrected chi connectivity index (χ3v) is 3.11. The van der Waals surface area contributed by atoms with Gasteiger partial charge in [0.25, 0.3) is 0 Å². The summed E-state index contributed by atoms with van der Waals surface area (Å²) < 4.78 is 3.90. The molecule has 104 valence electrons. The standard InChI is InChI=1S/C14H23N5/c1-5-13-6-14(18(4)17-13)10-19-9-12(8-16-19)7-15-11(2)3/h6,8-9,11,15H,5,7,10H2,1-4H3. The van der Waals surface area contributed by atoms with Gasteiger partial charge in [0.05, 0.1) is 24.1 Å². The van der Waals surface area contributed by atoms with Crippen LogP contribution in [0.15, 0.2) is 18.5 Å². The summed E-state index contributed by atoms with van der Waals surface area (Å²) in [6, 6.07) is 2.64. The molecule has 5 heteroatoms. The van der Waals surface area contributed by atoms with Crippen LogP contribution < -0.4 is 5.32 Å². The van der Waals surface area contributed by atoms with Crippen molar-refractivity contribution in [3.05, 3.63) is 35.4 Å². The first-order valence-corrected chi connectivity index (χ1v) is 6.85. The molecule has 0 aromatic carbocycles. The van der Waals surface area contributed by atoms with Crippen LogP contribution in [-0.4, -0.2) is 25.6 Å². The highest BCUT2D eigenvalue weighted by Gasteiger charge is 2.06. The molecule has 0 aliphatic heterocycles. The number of nitrogens with one attached hydrogen (secondary N) is 1. The second-order valence-electron chi connectivity index (χ2n) is 5.19. The largest absolute Gasteiger partial charge is 0.310 e. The van der Waals surface area contributed by atoms with Crippen LogP contribution in [0.2, 0.25) is 0 Å². The zero-order valence-electron chi connectivity index (χ0n) is 12.2. The van der Waals surface area contributed by atoms with Crippen LogP contribution in [0.4, 0.5) is 0 Å². The predicted molar refractivity (Wildman–Crippen MR) is 75.9 cm³/mol. The van der Waals surface area contributed by atoms with Crippen molar-refractivity contribution < 1.29 is 0 Å². The number of nitrogens with zero attached hydrogens (tertiary/aromatic N) is 4. The lowest BCUT2D eigenvalue weighted by atomic mass is 10.3. The van der Waals surface area contributed by atoms with Crippen LogP contribution in [0.25, 0.3) is 0 Å². The summed E-state index contributed by atoms with van der Waals surface area (Å²) in [5, 5.41) is 12.2. The van der Waals surface area contributed by atoms with Gasteiger partial charge in [0.1, 0.15) is 0 Å². The van der Waals surface area contributed by atoms with Gasteiger partial charge in [-0.3, -0.25) is 9.36 Å². The van der Waals surface area contributed by atoms with Crippen molar-refractivity contribution >= 4 is 0 Å². The van der Waals surface area contributed by atoms with Crippen molar-refractivity contribution in [2.45, 2.75) is 46.3 Å². The summed E-state index contributed by atoms with van der Waals surface area (Å²) in [5.74, 6) is 0. The second-order valence-corrected chi connectivity index (χ2v) is 5.19. The molecular weight excluding hydrogens is 238 g/mol. The van der Waals surface area contributed by atoms with Crippen LogP contribution >= 0.6 is 0 Å². The fourth-order valence-electron chi connectivity index (χ4n) is 1.96. The van der Waals surface area contributed by atoms with Crippen molar-refractivity contribution in [1.29, 1.82) is 0 Å². The first-order valence-electron chi connectivity index (χ1n) is 6.85. The fraction of sp³-hybridized carbons (Fsp3) is 0.571. The highest BCUT2D eigenvalue weighted by atomic mass is 15.3. The molecule has 0 unspecified atom stereocenters. The number of hydrogen-bond donors (Lipinski definition) is 1. The minimum atomic E-state index is 0.493. The first kappa shape index (κ1) is 13.8. The Morgan fingerprint density at radius 1 is 1.37 bits per heavy atom. The number of aryl methyl sites for hydroxylation is 2. The van der Waals surface area contributed by atoms with E-state index in [2.05, 4.69) is 48.5 Å². The number of rotatable bonds is 6. The second kappa shape index (κ2) is 6.02. The SMILES string of the molecule is CCc1cc(Cn2cc(CNC(C)C)cn2)n(C)n1. The van der Waals surface area contributed by atoms with Gasteiger partial charge in [0.2, 0.25) is 0 Å². The smallest absolute Gasteiger partial charge is 0.0828 e. The topological polar surface area (TPSA) is 47.7 Å². The van der Waals surface area contributed by atoms with Gasteiger partial charge in [0.15, 0.2) is 0 Å². The molecule has 2 rings (SSSR count). The normalized spacial score (nSPS) is 11.4. The van der Waals surface area contributed by atoms with Gasteiger partial charge in [-0.05, 0) is 12.5 Å². The van der Waals surface area contributed by atoms with Crippen molar-refractivity contribution in [3.63, 3.8) is 0 Å². The molecule has 0 atom stereocenters. The monoisotopic (exact) mass is 261 g/mol. The van der Waals surface area contributed by atoms with Crippen LogP contribution in [0.3, 0.4) is 0 Å². The van der Waals surface area contributed by atoms with E-state index in [9.17, 15) is 0 Å². The Balaban J connectivity index is 2.00. The van der Waals surface area contributed by atoms with Crippen LogP contribution in [0, 0.1) is 0 Å². The maximum Gasteiger partial charge on any atom is 0.0828 e. The predicted octanol–water partition coefficient (Wildman–Crippen LogP) is 1.73. The molecule has 1 N–H and O–H groups in total. The Bertz CT molecular complexity index is 524. The van der Waals surface area contributed by atoms with Crippen molar-refractivity contribution in [2.24, 2.45) is 7.05 Å². The quantitative estimate of drug-likeness (QED) is 0.861. The van der Waals surface area contributed by atoms with E-state index >= 15 is 0 Å². The van der Waals surface area contributed by atoms with Crippen molar-refractivity contribution in [3.8, 4) is 0 Å². The summed E-state index contributed by atoms with van der Waals surface area (Å²) in [6.45, 7) is 8.04. The molecule has 5 nitrogen and oxygen atoms in total. The van der Waals surface area contributed by atoms with Crippen molar-refractivity contribution in [1.82, 2.24) is 24.9 Å². The van der Waals surface area contributed by atoms with E-state index in [0.29, 0.717) is 6.04 Å². The van der Waals surface area contributed by atoms with E-state index in [1.54, 1.807) is 0 Å². The van der Waals surface area contributed by atoms with Crippen LogP contribution in [0.1, 0.15) is 37.7 Å². The molecule has 0 aliphatic rings. The zero-order chi connectivity index (χ0) is 13.8. The van der Waals surface area contributed by atoms with Gasteiger partial charge in [0, 0.05) is 31.4 Å². The van der Waals surface area contributed by atoms with Gasteiger partial charge < -0.3 is 5.32 Å². The zero-order valence-corrected chi connectivity index (χ0v) is 12.2. The van der Waals surface area contributed by atoms with E-state index in [0.717, 1.165) is 25.2 Å². The minimum absolute atomic E-state index is 0.493. The maximum absolute atomic E-state index is 4.45. The average Bonchev–Trinajstić information content (AvgIpc) is 2.95. The molecule has 2 heterocycles. The maximum atomic E-state index is 4.45. The van der Waals surface area contributed by atoms with Gasteiger partial charge in [-0.1, -0.05) is 20.8 Å². The summed E-state index contributed by atoms with van der Waals surface area (Å²) >= 11 is 0. The van der Waals surface area contributed by atoms with Crippen LogP contribution in [0.5, 0.6) is 0 Å². The Hall–Kier alpha value is -1.62. The Morgan fingerprint density at radius 3 is 2.79 bits per heavy atom. The molecule has 2 aromatic rings. The molecule has 0 spiro atoms. The highest BCUT2D eigenvalue weighted by molar-refractivity contribution is 5.11. The molecule has 0 radical (unpaired) electrons. The third-order valence-electron chi connectivity index (χ3n) is 3.11. The van der Waals surface area contributed by atoms with E-state index < -0.39 is 0 Å². The van der Waals surface area contributed by atoms with Crippen LogP contribution in [-0.2, 0) is 26.6 Å². The summed E-state index contributed by atoms with van der Waals surface area (Å²) in [5.41, 5.74) is 3.53. The first-order chi connectivity index (χ1) is 9.08.